The molecule has 2 atom stereocenters. The topological polar surface area (TPSA) is 98.0 Å². The summed E-state index contributed by atoms with van der Waals surface area (Å²) in [7, 11) is 5.38. The summed E-state index contributed by atoms with van der Waals surface area (Å²) in [4.78, 5) is 31.9. The third-order valence-corrected chi connectivity index (χ3v) is 6.61. The molecule has 10 heteroatoms. The fourth-order valence-corrected chi connectivity index (χ4v) is 4.99. The van der Waals surface area contributed by atoms with Gasteiger partial charge < -0.3 is 20.5 Å². The molecular weight excluding hydrogens is 468 g/mol. The van der Waals surface area contributed by atoms with E-state index >= 15 is 0 Å². The van der Waals surface area contributed by atoms with E-state index in [2.05, 4.69) is 27.8 Å². The molecule has 0 aliphatic carbocycles. The van der Waals surface area contributed by atoms with Crippen LogP contribution in [0.25, 0.3) is 22.1 Å². The third-order valence-electron chi connectivity index (χ3n) is 6.61. The van der Waals surface area contributed by atoms with Crippen LogP contribution in [0.4, 0.5) is 0 Å². The lowest BCUT2D eigenvalue weighted by Gasteiger charge is -2.22. The minimum atomic E-state index is -0.102. The second kappa shape index (κ2) is 11.2. The fourth-order valence-electron chi connectivity index (χ4n) is 4.99. The zero-order chi connectivity index (χ0) is 22.4. The van der Waals surface area contributed by atoms with Crippen molar-refractivity contribution in [1.29, 1.82) is 0 Å². The summed E-state index contributed by atoms with van der Waals surface area (Å²) in [6.07, 6.45) is 1.94. The summed E-state index contributed by atoms with van der Waals surface area (Å²) in [5.74, 6) is 0. The highest BCUT2D eigenvalue weighted by atomic mass is 35.5. The Morgan fingerprint density at radius 1 is 0.886 bits per heavy atom. The highest BCUT2D eigenvalue weighted by Crippen LogP contribution is 2.24. The first-order valence-corrected chi connectivity index (χ1v) is 10.9. The van der Waals surface area contributed by atoms with Crippen molar-refractivity contribution in [2.24, 2.45) is 0 Å². The first-order chi connectivity index (χ1) is 15.5. The van der Waals surface area contributed by atoms with E-state index in [4.69, 9.17) is 4.84 Å². The number of halogens is 1. The van der Waals surface area contributed by atoms with Crippen molar-refractivity contribution >= 4 is 34.5 Å². The van der Waals surface area contributed by atoms with E-state index in [1.165, 1.54) is 23.0 Å². The molecule has 4 heterocycles. The Balaban J connectivity index is 0.000000229. The lowest BCUT2D eigenvalue weighted by Crippen LogP contribution is -2.39. The van der Waals surface area contributed by atoms with Gasteiger partial charge in [0.25, 0.3) is 0 Å². The van der Waals surface area contributed by atoms with Gasteiger partial charge in [-0.15, -0.1) is 17.1 Å². The zero-order valence-electron chi connectivity index (χ0n) is 18.9. The van der Waals surface area contributed by atoms with Crippen LogP contribution in [0, 0.1) is 0 Å². The van der Waals surface area contributed by atoms with Crippen molar-refractivity contribution in [3.05, 3.63) is 68.5 Å². The van der Waals surface area contributed by atoms with Crippen molar-refractivity contribution in [3.8, 4) is 0 Å². The van der Waals surface area contributed by atoms with Crippen molar-refractivity contribution in [3.63, 3.8) is 0 Å². The van der Waals surface area contributed by atoms with Crippen LogP contribution in [0.1, 0.15) is 26.0 Å². The van der Waals surface area contributed by atoms with E-state index in [9.17, 15) is 9.59 Å². The fraction of sp³-hybridized carbons (Fsp3) is 0.440. The van der Waals surface area contributed by atoms with Gasteiger partial charge in [-0.1, -0.05) is 39.1 Å². The van der Waals surface area contributed by atoms with Crippen LogP contribution in [-0.4, -0.2) is 52.1 Å². The number of rotatable bonds is 3. The van der Waals surface area contributed by atoms with Gasteiger partial charge in [-0.3, -0.25) is 9.13 Å². The minimum absolute atomic E-state index is 0. The van der Waals surface area contributed by atoms with Gasteiger partial charge in [-0.05, 0) is 50.2 Å². The van der Waals surface area contributed by atoms with E-state index in [0.29, 0.717) is 18.6 Å². The van der Waals surface area contributed by atoms with Gasteiger partial charge >= 0.3 is 11.4 Å². The molecule has 0 fully saturated rings. The Bertz CT molecular complexity index is 1420. The van der Waals surface area contributed by atoms with Gasteiger partial charge in [0.1, 0.15) is 12.6 Å². The molecule has 0 radical (unpaired) electrons. The number of aromatic nitrogens is 4. The first kappa shape index (κ1) is 28.2. The van der Waals surface area contributed by atoms with Crippen LogP contribution in [0.2, 0.25) is 0 Å². The van der Waals surface area contributed by atoms with E-state index in [1.807, 2.05) is 42.9 Å². The Kier molecular flexibility index (Phi) is 9.00. The number of aromatic amines is 1. The summed E-state index contributed by atoms with van der Waals surface area (Å²) in [5.41, 5.74) is 6.22. The van der Waals surface area contributed by atoms with E-state index in [0.717, 1.165) is 41.5 Å². The van der Waals surface area contributed by atoms with Crippen LogP contribution in [0.15, 0.2) is 46.0 Å². The molecular formula is C25H37ClN6O3. The lowest BCUT2D eigenvalue weighted by atomic mass is 10.0. The SMILES string of the molecule is C.C.CN[C@@H]1Cc2cccc3[nH]c(=O)n(c23)C1.CN[C@@H]1Cc2cccc3c2n(c(=O)n3OC)C1.Cl. The standard InChI is InChI=1S/C12H15N3O2.C11H13N3O.2CH4.ClH/c1-13-9-6-8-4-3-5-10-11(8)14(7-9)12(16)15(10)17-2;1-12-8-5-7-3-2-4-9-10(7)14(6-8)11(15)13-9;;;/h3-5,9,13H,6-7H2,1-2H3;2-4,8,12H,5-6H2,1H3,(H,13,15);2*1H4;1H/t9-;8-;;;/m11.../s1. The van der Waals surface area contributed by atoms with E-state index < -0.39 is 0 Å². The first-order valence-electron chi connectivity index (χ1n) is 10.9. The summed E-state index contributed by atoms with van der Waals surface area (Å²) in [5, 5.41) is 6.46. The number of nitrogens with one attached hydrogen (secondary N) is 3. The highest BCUT2D eigenvalue weighted by molar-refractivity contribution is 5.85. The van der Waals surface area contributed by atoms with Crippen LogP contribution in [-0.2, 0) is 25.9 Å². The van der Waals surface area contributed by atoms with Gasteiger partial charge in [-0.2, -0.15) is 0 Å². The molecule has 35 heavy (non-hydrogen) atoms. The minimum Gasteiger partial charge on any atom is -0.412 e. The molecule has 0 unspecified atom stereocenters. The Labute approximate surface area is 211 Å². The van der Waals surface area contributed by atoms with Crippen molar-refractivity contribution in [2.45, 2.75) is 52.9 Å². The molecule has 2 aromatic carbocycles. The number of benzene rings is 2. The number of hydrogen-bond donors (Lipinski definition) is 3. The van der Waals surface area contributed by atoms with Crippen LogP contribution in [0.5, 0.6) is 0 Å². The number of nitrogens with zero attached hydrogens (tertiary/aromatic N) is 3. The molecule has 2 aliphatic heterocycles. The van der Waals surface area contributed by atoms with Crippen LogP contribution < -0.4 is 26.9 Å². The largest absolute Gasteiger partial charge is 0.412 e. The van der Waals surface area contributed by atoms with E-state index in [1.54, 1.807) is 4.57 Å². The third kappa shape index (κ3) is 4.63. The normalized spacial score (nSPS) is 17.5. The van der Waals surface area contributed by atoms with Crippen molar-refractivity contribution in [1.82, 2.24) is 29.5 Å². The summed E-state index contributed by atoms with van der Waals surface area (Å²) < 4.78 is 4.98. The van der Waals surface area contributed by atoms with Gasteiger partial charge in [-0.25, -0.2) is 9.59 Å². The van der Waals surface area contributed by atoms with Crippen LogP contribution in [0.3, 0.4) is 0 Å². The van der Waals surface area contributed by atoms with E-state index in [-0.39, 0.29) is 38.6 Å². The van der Waals surface area contributed by atoms with Gasteiger partial charge in [0, 0.05) is 25.2 Å². The number of para-hydroxylation sites is 2. The maximum absolute atomic E-state index is 12.2. The Hall–Kier alpha value is -3.01. The molecule has 9 nitrogen and oxygen atoms in total. The molecule has 2 aliphatic rings. The molecule has 3 N–H and O–H groups in total. The molecule has 0 spiro atoms. The summed E-state index contributed by atoms with van der Waals surface area (Å²) in [6, 6.07) is 12.7. The second-order valence-electron chi connectivity index (χ2n) is 8.39. The Morgan fingerprint density at radius 2 is 1.46 bits per heavy atom. The predicted molar refractivity (Wildman–Crippen MR) is 145 cm³/mol. The molecule has 6 rings (SSSR count). The zero-order valence-corrected chi connectivity index (χ0v) is 19.7. The number of imidazole rings is 2. The molecule has 0 saturated heterocycles. The second-order valence-corrected chi connectivity index (χ2v) is 8.39. The Morgan fingerprint density at radius 3 is 2.06 bits per heavy atom. The summed E-state index contributed by atoms with van der Waals surface area (Å²) in [6.45, 7) is 1.45. The number of likely N-dealkylation sites (N-methyl/N-ethyl adjacent to an activating group) is 2. The van der Waals surface area contributed by atoms with Crippen molar-refractivity contribution in [2.75, 3.05) is 21.2 Å². The highest BCUT2D eigenvalue weighted by Gasteiger charge is 2.24. The van der Waals surface area contributed by atoms with Crippen molar-refractivity contribution < 1.29 is 4.84 Å². The summed E-state index contributed by atoms with van der Waals surface area (Å²) >= 11 is 0. The molecule has 4 aromatic rings. The average Bonchev–Trinajstić information content (AvgIpc) is 3.29. The predicted octanol–water partition coefficient (Wildman–Crippen LogP) is 2.17. The quantitative estimate of drug-likeness (QED) is 0.397. The van der Waals surface area contributed by atoms with Gasteiger partial charge in [0.15, 0.2) is 0 Å². The molecule has 0 bridgehead atoms. The maximum Gasteiger partial charge on any atom is 0.362 e. The number of H-pyrrole nitrogens is 1. The smallest absolute Gasteiger partial charge is 0.362 e. The number of hydrogen-bond acceptors (Lipinski definition) is 5. The van der Waals surface area contributed by atoms with Gasteiger partial charge in [0.2, 0.25) is 0 Å². The molecule has 0 saturated carbocycles. The van der Waals surface area contributed by atoms with Crippen LogP contribution >= 0.6 is 12.4 Å². The maximum atomic E-state index is 12.2. The molecule has 192 valence electrons. The van der Waals surface area contributed by atoms with Gasteiger partial charge in [0.05, 0.1) is 16.6 Å². The molecule has 2 aromatic heterocycles. The monoisotopic (exact) mass is 504 g/mol. The average molecular weight is 505 g/mol. The lowest BCUT2D eigenvalue weighted by molar-refractivity contribution is 0.165. The molecule has 0 amide bonds.